The molecule has 1 saturated carbocycles. The highest BCUT2D eigenvalue weighted by Gasteiger charge is 2.42. The van der Waals surface area contributed by atoms with E-state index in [1.165, 1.54) is 32.4 Å². The van der Waals surface area contributed by atoms with E-state index in [4.69, 9.17) is 0 Å². The van der Waals surface area contributed by atoms with E-state index >= 15 is 0 Å². The molecule has 1 N–H and O–H groups in total. The number of aromatic amines is 1. The van der Waals surface area contributed by atoms with E-state index in [1.54, 1.807) is 6.33 Å². The Bertz CT molecular complexity index is 649. The topological polar surface area (TPSA) is 60.9 Å². The second-order valence-electron chi connectivity index (χ2n) is 6.79. The van der Waals surface area contributed by atoms with E-state index in [1.807, 2.05) is 6.20 Å². The largest absolute Gasteiger partial charge is 0.353 e. The fourth-order valence-corrected chi connectivity index (χ4v) is 4.43. The second kappa shape index (κ2) is 4.40. The van der Waals surface area contributed by atoms with E-state index in [2.05, 4.69) is 30.0 Å². The van der Waals surface area contributed by atoms with Crippen LogP contribution in [0.15, 0.2) is 12.5 Å². The van der Waals surface area contributed by atoms with E-state index in [0.29, 0.717) is 6.04 Å². The lowest BCUT2D eigenvalue weighted by molar-refractivity contribution is 0.190. The van der Waals surface area contributed by atoms with Crippen molar-refractivity contribution in [1.29, 1.82) is 0 Å². The Kier molecular flexibility index (Phi) is 2.50. The number of aromatic nitrogens is 4. The van der Waals surface area contributed by atoms with Crippen molar-refractivity contribution in [2.24, 2.45) is 11.8 Å². The minimum absolute atomic E-state index is 0.715. The van der Waals surface area contributed by atoms with Crippen LogP contribution < -0.4 is 4.90 Å². The minimum atomic E-state index is 0.715. The Balaban J connectivity index is 1.29. The molecule has 0 aromatic carbocycles. The molecule has 0 bridgehead atoms. The van der Waals surface area contributed by atoms with Gasteiger partial charge in [0, 0.05) is 32.2 Å². The number of hydrogen-bond donors (Lipinski definition) is 1. The quantitative estimate of drug-likeness (QED) is 0.900. The summed E-state index contributed by atoms with van der Waals surface area (Å²) >= 11 is 0. The zero-order chi connectivity index (χ0) is 13.8. The van der Waals surface area contributed by atoms with Crippen LogP contribution in [0.3, 0.4) is 0 Å². The zero-order valence-electron chi connectivity index (χ0n) is 12.1. The summed E-state index contributed by atoms with van der Waals surface area (Å²) < 4.78 is 0. The van der Waals surface area contributed by atoms with E-state index in [9.17, 15) is 0 Å². The van der Waals surface area contributed by atoms with Gasteiger partial charge < -0.3 is 4.90 Å². The summed E-state index contributed by atoms with van der Waals surface area (Å²) in [6, 6.07) is 0.715. The fraction of sp³-hybridized carbons (Fsp3) is 0.667. The minimum Gasteiger partial charge on any atom is -0.353 e. The zero-order valence-corrected chi connectivity index (χ0v) is 12.1. The monoisotopic (exact) mass is 284 g/mol. The van der Waals surface area contributed by atoms with Gasteiger partial charge in [-0.15, -0.1) is 0 Å². The number of likely N-dealkylation sites (tertiary alicyclic amines) is 1. The summed E-state index contributed by atoms with van der Waals surface area (Å²) in [6.45, 7) is 4.84. The van der Waals surface area contributed by atoms with Gasteiger partial charge in [0.1, 0.15) is 12.1 Å². The number of hydrogen-bond acceptors (Lipinski definition) is 5. The van der Waals surface area contributed by atoms with Crippen molar-refractivity contribution in [3.05, 3.63) is 12.5 Å². The Morgan fingerprint density at radius 1 is 1.05 bits per heavy atom. The van der Waals surface area contributed by atoms with Crippen LogP contribution in [0.1, 0.15) is 19.3 Å². The molecule has 2 aliphatic heterocycles. The molecular formula is C15H20N6. The van der Waals surface area contributed by atoms with Crippen molar-refractivity contribution in [3.8, 4) is 0 Å². The Morgan fingerprint density at radius 2 is 1.86 bits per heavy atom. The number of H-pyrrole nitrogens is 1. The Labute approximate surface area is 123 Å². The highest BCUT2D eigenvalue weighted by molar-refractivity contribution is 5.86. The lowest BCUT2D eigenvalue weighted by Gasteiger charge is -2.45. The van der Waals surface area contributed by atoms with Gasteiger partial charge in [0.25, 0.3) is 0 Å². The van der Waals surface area contributed by atoms with Crippen LogP contribution in [0.25, 0.3) is 11.0 Å². The van der Waals surface area contributed by atoms with Crippen LogP contribution in [0.5, 0.6) is 0 Å². The molecule has 0 amide bonds. The van der Waals surface area contributed by atoms with Gasteiger partial charge in [-0.3, -0.25) is 10.00 Å². The average molecular weight is 284 g/mol. The maximum atomic E-state index is 4.46. The Hall–Kier alpha value is -1.69. The number of fused-ring (bicyclic) bond motifs is 2. The van der Waals surface area contributed by atoms with Gasteiger partial charge in [-0.1, -0.05) is 6.42 Å². The summed E-state index contributed by atoms with van der Waals surface area (Å²) in [5.74, 6) is 3.00. The lowest BCUT2D eigenvalue weighted by atomic mass is 10.0. The first-order chi connectivity index (χ1) is 10.4. The summed E-state index contributed by atoms with van der Waals surface area (Å²) in [4.78, 5) is 13.7. The lowest BCUT2D eigenvalue weighted by Crippen LogP contribution is -2.59. The molecule has 5 rings (SSSR count). The van der Waals surface area contributed by atoms with Crippen molar-refractivity contribution >= 4 is 16.9 Å². The molecule has 2 saturated heterocycles. The fourth-order valence-electron chi connectivity index (χ4n) is 4.43. The third-order valence-electron chi connectivity index (χ3n) is 5.66. The van der Waals surface area contributed by atoms with Crippen molar-refractivity contribution < 1.29 is 0 Å². The van der Waals surface area contributed by atoms with Crippen LogP contribution in [0.4, 0.5) is 5.82 Å². The van der Waals surface area contributed by atoms with Gasteiger partial charge in [0.05, 0.1) is 11.6 Å². The van der Waals surface area contributed by atoms with Crippen LogP contribution >= 0.6 is 0 Å². The molecule has 3 fully saturated rings. The van der Waals surface area contributed by atoms with Crippen LogP contribution in [0.2, 0.25) is 0 Å². The number of rotatable bonds is 2. The molecule has 1 aliphatic carbocycles. The van der Waals surface area contributed by atoms with Crippen molar-refractivity contribution in [2.45, 2.75) is 25.3 Å². The molecule has 2 aromatic heterocycles. The van der Waals surface area contributed by atoms with Gasteiger partial charge in [-0.2, -0.15) is 5.10 Å². The number of anilines is 1. The molecule has 2 aromatic rings. The molecular weight excluding hydrogens is 264 g/mol. The molecule has 0 radical (unpaired) electrons. The van der Waals surface area contributed by atoms with Crippen molar-refractivity contribution in [3.63, 3.8) is 0 Å². The predicted molar refractivity (Wildman–Crippen MR) is 80.1 cm³/mol. The standard InChI is InChI=1S/C15H20N6/c1-2-10-5-20(6-11(10)3-1)12-7-21(8-12)15-13-4-18-19-14(13)16-9-17-15/h4,9-12H,1-3,5-8H2,(H,16,17,18,19). The average Bonchev–Trinajstić information content (AvgIpc) is 3.11. The first-order valence-electron chi connectivity index (χ1n) is 8.01. The second-order valence-corrected chi connectivity index (χ2v) is 6.79. The first kappa shape index (κ1) is 11.9. The van der Waals surface area contributed by atoms with E-state index < -0.39 is 0 Å². The van der Waals surface area contributed by atoms with Crippen LogP contribution in [-0.4, -0.2) is 57.3 Å². The third kappa shape index (κ3) is 1.78. The number of nitrogens with zero attached hydrogens (tertiary/aromatic N) is 5. The molecule has 21 heavy (non-hydrogen) atoms. The molecule has 6 nitrogen and oxygen atoms in total. The van der Waals surface area contributed by atoms with Gasteiger partial charge in [0.2, 0.25) is 0 Å². The summed E-state index contributed by atoms with van der Waals surface area (Å²) in [7, 11) is 0. The van der Waals surface area contributed by atoms with Crippen molar-refractivity contribution in [1.82, 2.24) is 25.1 Å². The van der Waals surface area contributed by atoms with E-state index in [0.717, 1.165) is 41.8 Å². The van der Waals surface area contributed by atoms with Gasteiger partial charge >= 0.3 is 0 Å². The van der Waals surface area contributed by atoms with Gasteiger partial charge in [0.15, 0.2) is 5.65 Å². The molecule has 2 unspecified atom stereocenters. The molecule has 110 valence electrons. The van der Waals surface area contributed by atoms with Crippen molar-refractivity contribution in [2.75, 3.05) is 31.1 Å². The summed E-state index contributed by atoms with van der Waals surface area (Å²) in [5, 5.41) is 8.03. The Morgan fingerprint density at radius 3 is 2.67 bits per heavy atom. The smallest absolute Gasteiger partial charge is 0.160 e. The summed E-state index contributed by atoms with van der Waals surface area (Å²) in [5.41, 5.74) is 0.833. The van der Waals surface area contributed by atoms with Gasteiger partial charge in [-0.05, 0) is 24.7 Å². The number of nitrogens with one attached hydrogen (secondary N) is 1. The first-order valence-corrected chi connectivity index (χ1v) is 8.01. The molecule has 3 aliphatic rings. The molecule has 0 spiro atoms. The highest BCUT2D eigenvalue weighted by Crippen LogP contribution is 2.40. The van der Waals surface area contributed by atoms with Crippen LogP contribution in [-0.2, 0) is 0 Å². The third-order valence-corrected chi connectivity index (χ3v) is 5.66. The SMILES string of the molecule is c1nc(N2CC(N3CC4CCCC4C3)C2)c2cn[nH]c2n1. The van der Waals surface area contributed by atoms with Gasteiger partial charge in [-0.25, -0.2) is 9.97 Å². The van der Waals surface area contributed by atoms with E-state index in [-0.39, 0.29) is 0 Å². The highest BCUT2D eigenvalue weighted by atomic mass is 15.3. The summed E-state index contributed by atoms with van der Waals surface area (Å²) in [6.07, 6.45) is 7.83. The predicted octanol–water partition coefficient (Wildman–Crippen LogP) is 1.27. The maximum Gasteiger partial charge on any atom is 0.160 e. The maximum absolute atomic E-state index is 4.46. The molecule has 4 heterocycles. The molecule has 2 atom stereocenters. The van der Waals surface area contributed by atoms with Crippen LogP contribution in [0, 0.1) is 11.8 Å². The normalized spacial score (nSPS) is 30.0. The molecule has 6 heteroatoms.